The third kappa shape index (κ3) is 4.79. The van der Waals surface area contributed by atoms with Crippen LogP contribution in [0.5, 0.6) is 5.75 Å². The lowest BCUT2D eigenvalue weighted by atomic mass is 10.2. The molecule has 1 aliphatic rings. The fourth-order valence-electron chi connectivity index (χ4n) is 2.00. The standard InChI is InChI=1S/C17H17ClFNO3S/c1-10(17(21)22)20-14-5-3-4-11(19)8-16(14)23-15-7-6-12(24-2)9-13(15)18/h3-4,6-10,20H,5H2,1-2H3,(H,21,22)/t10-/m1/s1. The third-order valence-electron chi connectivity index (χ3n) is 3.29. The SMILES string of the molecule is CSc1ccc(OC2=C(N[C@H](C)C(=O)O)CC=CC(F)=C2)c(Cl)c1. The highest BCUT2D eigenvalue weighted by molar-refractivity contribution is 7.98. The Labute approximate surface area is 149 Å². The summed E-state index contributed by atoms with van der Waals surface area (Å²) in [6.45, 7) is 1.50. The molecule has 0 saturated carbocycles. The first-order chi connectivity index (χ1) is 11.4. The van der Waals surface area contributed by atoms with Crippen molar-refractivity contribution in [2.24, 2.45) is 0 Å². The number of nitrogens with one attached hydrogen (secondary N) is 1. The topological polar surface area (TPSA) is 58.6 Å². The Hall–Kier alpha value is -1.92. The predicted octanol–water partition coefficient (Wildman–Crippen LogP) is 4.53. The number of hydrogen-bond acceptors (Lipinski definition) is 4. The second-order valence-electron chi connectivity index (χ2n) is 5.08. The van der Waals surface area contributed by atoms with Crippen molar-refractivity contribution in [1.82, 2.24) is 5.32 Å². The van der Waals surface area contributed by atoms with Crippen LogP contribution in [0.15, 0.2) is 58.6 Å². The average molecular weight is 370 g/mol. The molecule has 0 saturated heterocycles. The molecule has 0 radical (unpaired) electrons. The lowest BCUT2D eigenvalue weighted by Crippen LogP contribution is -2.34. The molecule has 0 aliphatic heterocycles. The quantitative estimate of drug-likeness (QED) is 0.721. The highest BCUT2D eigenvalue weighted by atomic mass is 35.5. The van der Waals surface area contributed by atoms with Gasteiger partial charge in [-0.05, 0) is 37.5 Å². The van der Waals surface area contributed by atoms with Crippen molar-refractivity contribution in [1.29, 1.82) is 0 Å². The minimum absolute atomic E-state index is 0.199. The summed E-state index contributed by atoms with van der Waals surface area (Å²) in [4.78, 5) is 12.0. The summed E-state index contributed by atoms with van der Waals surface area (Å²) < 4.78 is 19.5. The molecule has 0 bridgehead atoms. The van der Waals surface area contributed by atoms with Gasteiger partial charge in [-0.15, -0.1) is 11.8 Å². The zero-order chi connectivity index (χ0) is 17.7. The number of hydrogen-bond donors (Lipinski definition) is 2. The summed E-state index contributed by atoms with van der Waals surface area (Å²) in [6.07, 6.45) is 6.36. The van der Waals surface area contributed by atoms with Gasteiger partial charge in [-0.3, -0.25) is 4.79 Å². The number of halogens is 2. The molecule has 2 rings (SSSR count). The lowest BCUT2D eigenvalue weighted by molar-refractivity contribution is -0.138. The van der Waals surface area contributed by atoms with Gasteiger partial charge in [0.2, 0.25) is 0 Å². The Balaban J connectivity index is 2.35. The third-order valence-corrected chi connectivity index (χ3v) is 4.31. The van der Waals surface area contributed by atoms with Gasteiger partial charge in [0, 0.05) is 17.4 Å². The summed E-state index contributed by atoms with van der Waals surface area (Å²) in [5.74, 6) is -0.925. The normalized spacial score (nSPS) is 15.6. The molecule has 0 unspecified atom stereocenters. The highest BCUT2D eigenvalue weighted by Gasteiger charge is 2.17. The van der Waals surface area contributed by atoms with Crippen LogP contribution in [0.2, 0.25) is 5.02 Å². The van der Waals surface area contributed by atoms with Crippen LogP contribution >= 0.6 is 23.4 Å². The molecule has 7 heteroatoms. The van der Waals surface area contributed by atoms with Crippen LogP contribution in [0, 0.1) is 0 Å². The molecule has 1 atom stereocenters. The van der Waals surface area contributed by atoms with E-state index in [0.717, 1.165) is 4.90 Å². The molecule has 1 aromatic rings. The number of aliphatic carboxylic acids is 1. The van der Waals surface area contributed by atoms with Crippen molar-refractivity contribution in [3.8, 4) is 5.75 Å². The number of ether oxygens (including phenoxy) is 1. The minimum atomic E-state index is -1.01. The molecule has 128 valence electrons. The minimum Gasteiger partial charge on any atom is -0.480 e. The largest absolute Gasteiger partial charge is 0.480 e. The van der Waals surface area contributed by atoms with Crippen molar-refractivity contribution in [3.63, 3.8) is 0 Å². The van der Waals surface area contributed by atoms with Gasteiger partial charge in [-0.1, -0.05) is 17.7 Å². The molecular formula is C17H17ClFNO3S. The Kier molecular flexibility index (Phi) is 6.34. The first-order valence-corrected chi connectivity index (χ1v) is 8.78. The average Bonchev–Trinajstić information content (AvgIpc) is 2.70. The molecule has 4 nitrogen and oxygen atoms in total. The number of thioether (sulfide) groups is 1. The monoisotopic (exact) mass is 369 g/mol. The molecule has 0 aromatic heterocycles. The van der Waals surface area contributed by atoms with Gasteiger partial charge in [0.05, 0.1) is 10.7 Å². The number of allylic oxidation sites excluding steroid dienone is 4. The first kappa shape index (κ1) is 18.4. The van der Waals surface area contributed by atoms with E-state index in [1.807, 2.05) is 12.3 Å². The van der Waals surface area contributed by atoms with Crippen LogP contribution in [0.25, 0.3) is 0 Å². The van der Waals surface area contributed by atoms with Crippen LogP contribution in [-0.2, 0) is 4.79 Å². The molecule has 24 heavy (non-hydrogen) atoms. The molecule has 0 spiro atoms. The van der Waals surface area contributed by atoms with Crippen molar-refractivity contribution < 1.29 is 19.0 Å². The van der Waals surface area contributed by atoms with E-state index in [4.69, 9.17) is 21.4 Å². The maximum Gasteiger partial charge on any atom is 0.325 e. The van der Waals surface area contributed by atoms with Gasteiger partial charge in [0.15, 0.2) is 0 Å². The van der Waals surface area contributed by atoms with Crippen molar-refractivity contribution >= 4 is 29.3 Å². The fraction of sp³-hybridized carbons (Fsp3) is 0.235. The van der Waals surface area contributed by atoms with Gasteiger partial charge in [-0.25, -0.2) is 4.39 Å². The van der Waals surface area contributed by atoms with E-state index in [1.54, 1.807) is 30.0 Å². The van der Waals surface area contributed by atoms with Gasteiger partial charge in [0.1, 0.15) is 23.4 Å². The Morgan fingerprint density at radius 3 is 2.88 bits per heavy atom. The Morgan fingerprint density at radius 2 is 2.25 bits per heavy atom. The molecule has 1 aliphatic carbocycles. The van der Waals surface area contributed by atoms with Crippen LogP contribution in [0.1, 0.15) is 13.3 Å². The molecule has 0 fully saturated rings. The summed E-state index contributed by atoms with van der Waals surface area (Å²) in [7, 11) is 0. The van der Waals surface area contributed by atoms with Gasteiger partial charge >= 0.3 is 5.97 Å². The summed E-state index contributed by atoms with van der Waals surface area (Å²) in [5.41, 5.74) is 0.471. The van der Waals surface area contributed by atoms with E-state index >= 15 is 0 Å². The molecule has 0 heterocycles. The summed E-state index contributed by atoms with van der Waals surface area (Å²) in [6, 6.07) is 4.46. The first-order valence-electron chi connectivity index (χ1n) is 7.18. The summed E-state index contributed by atoms with van der Waals surface area (Å²) >= 11 is 7.75. The van der Waals surface area contributed by atoms with E-state index in [2.05, 4.69) is 5.32 Å². The number of rotatable bonds is 6. The van der Waals surface area contributed by atoms with Crippen LogP contribution in [0.4, 0.5) is 4.39 Å². The number of carboxylic acids is 1. The maximum absolute atomic E-state index is 13.8. The van der Waals surface area contributed by atoms with Gasteiger partial charge in [0.25, 0.3) is 0 Å². The van der Waals surface area contributed by atoms with E-state index in [-0.39, 0.29) is 5.76 Å². The fourth-order valence-corrected chi connectivity index (χ4v) is 2.73. The maximum atomic E-state index is 13.8. The molecule has 2 N–H and O–H groups in total. The van der Waals surface area contributed by atoms with E-state index < -0.39 is 17.8 Å². The second kappa shape index (κ2) is 8.26. The molecular weight excluding hydrogens is 353 g/mol. The zero-order valence-electron chi connectivity index (χ0n) is 13.2. The van der Waals surface area contributed by atoms with Crippen LogP contribution in [-0.4, -0.2) is 23.4 Å². The molecule has 1 aromatic carbocycles. The zero-order valence-corrected chi connectivity index (χ0v) is 14.7. The van der Waals surface area contributed by atoms with E-state index in [1.165, 1.54) is 19.1 Å². The highest BCUT2D eigenvalue weighted by Crippen LogP contribution is 2.32. The smallest absolute Gasteiger partial charge is 0.325 e. The number of benzene rings is 1. The predicted molar refractivity (Wildman–Crippen MR) is 94.1 cm³/mol. The summed E-state index contributed by atoms with van der Waals surface area (Å²) in [5, 5.41) is 12.3. The molecule has 0 amide bonds. The van der Waals surface area contributed by atoms with E-state index in [0.29, 0.717) is 22.9 Å². The number of carbonyl (C=O) groups is 1. The van der Waals surface area contributed by atoms with E-state index in [9.17, 15) is 9.18 Å². The van der Waals surface area contributed by atoms with Crippen molar-refractivity contribution in [2.75, 3.05) is 6.26 Å². The van der Waals surface area contributed by atoms with Crippen molar-refractivity contribution in [3.05, 3.63) is 58.7 Å². The Morgan fingerprint density at radius 1 is 1.50 bits per heavy atom. The van der Waals surface area contributed by atoms with Crippen LogP contribution < -0.4 is 10.1 Å². The van der Waals surface area contributed by atoms with Crippen LogP contribution in [0.3, 0.4) is 0 Å². The number of carboxylic acid groups (broad SMARTS) is 1. The second-order valence-corrected chi connectivity index (χ2v) is 6.37. The lowest BCUT2D eigenvalue weighted by Gasteiger charge is -2.17. The van der Waals surface area contributed by atoms with Crippen molar-refractivity contribution in [2.45, 2.75) is 24.3 Å². The van der Waals surface area contributed by atoms with Gasteiger partial charge < -0.3 is 15.2 Å². The Bertz CT molecular complexity index is 731. The van der Waals surface area contributed by atoms with Gasteiger partial charge in [-0.2, -0.15) is 0 Å².